The van der Waals surface area contributed by atoms with Crippen LogP contribution in [0.5, 0.6) is 0 Å². The summed E-state index contributed by atoms with van der Waals surface area (Å²) in [4.78, 5) is 12.8. The molecule has 1 rings (SSSR count). The molecule has 3 nitrogen and oxygen atoms in total. The summed E-state index contributed by atoms with van der Waals surface area (Å²) in [7, 11) is 0. The Morgan fingerprint density at radius 3 is 2.70 bits per heavy atom. The second kappa shape index (κ2) is 10.1. The number of amides is 1. The van der Waals surface area contributed by atoms with Crippen molar-refractivity contribution < 1.29 is 9.90 Å². The van der Waals surface area contributed by atoms with Crippen LogP contribution in [0.25, 0.3) is 0 Å². The van der Waals surface area contributed by atoms with Gasteiger partial charge in [-0.2, -0.15) is 0 Å². The lowest BCUT2D eigenvalue weighted by Crippen LogP contribution is -2.29. The van der Waals surface area contributed by atoms with Gasteiger partial charge < -0.3 is 10.4 Å². The number of hydrogen-bond donors (Lipinski definition) is 2. The van der Waals surface area contributed by atoms with Crippen LogP contribution in [0.4, 0.5) is 0 Å². The molecular weight excluding hydrogens is 294 g/mol. The molecule has 0 heterocycles. The van der Waals surface area contributed by atoms with Crippen molar-refractivity contribution in [2.75, 3.05) is 18.9 Å². The molecule has 5 heteroatoms. The zero-order valence-electron chi connectivity index (χ0n) is 11.8. The lowest BCUT2D eigenvalue weighted by Gasteiger charge is -2.14. The van der Waals surface area contributed by atoms with E-state index in [0.717, 1.165) is 28.5 Å². The van der Waals surface area contributed by atoms with Crippen molar-refractivity contribution in [2.45, 2.75) is 31.1 Å². The van der Waals surface area contributed by atoms with Gasteiger partial charge in [-0.05, 0) is 36.6 Å². The molecule has 0 fully saturated rings. The van der Waals surface area contributed by atoms with Crippen molar-refractivity contribution in [2.24, 2.45) is 5.92 Å². The second-order valence-corrected chi connectivity index (χ2v) is 6.25. The minimum Gasteiger partial charge on any atom is -0.396 e. The van der Waals surface area contributed by atoms with Gasteiger partial charge in [-0.25, -0.2) is 0 Å². The molecule has 0 saturated carbocycles. The molecule has 1 aromatic carbocycles. The molecule has 0 spiro atoms. The lowest BCUT2D eigenvalue weighted by atomic mass is 10.0. The second-order valence-electron chi connectivity index (χ2n) is 4.64. The number of hydrogen-bond acceptors (Lipinski definition) is 3. The molecule has 0 saturated heterocycles. The largest absolute Gasteiger partial charge is 0.396 e. The third-order valence-electron chi connectivity index (χ3n) is 3.11. The molecular formula is C15H22ClNO2S. The number of aliphatic hydroxyl groups is 1. The first-order valence-corrected chi connectivity index (χ1v) is 8.28. The van der Waals surface area contributed by atoms with Gasteiger partial charge >= 0.3 is 0 Å². The van der Waals surface area contributed by atoms with Crippen LogP contribution in [0.3, 0.4) is 0 Å². The summed E-state index contributed by atoms with van der Waals surface area (Å²) in [5.41, 5.74) is 0. The Bertz CT molecular complexity index is 397. The van der Waals surface area contributed by atoms with E-state index in [1.165, 1.54) is 0 Å². The van der Waals surface area contributed by atoms with Crippen molar-refractivity contribution in [3.63, 3.8) is 0 Å². The minimum atomic E-state index is 0.0721. The Balaban J connectivity index is 2.18. The van der Waals surface area contributed by atoms with Gasteiger partial charge in [-0.15, -0.1) is 11.8 Å². The Morgan fingerprint density at radius 2 is 2.10 bits per heavy atom. The first-order valence-electron chi connectivity index (χ1n) is 6.91. The fraction of sp³-hybridized carbons (Fsp3) is 0.533. The van der Waals surface area contributed by atoms with Crippen LogP contribution in [-0.2, 0) is 4.79 Å². The Morgan fingerprint density at radius 1 is 1.40 bits per heavy atom. The van der Waals surface area contributed by atoms with Crippen molar-refractivity contribution in [1.29, 1.82) is 0 Å². The van der Waals surface area contributed by atoms with E-state index in [2.05, 4.69) is 12.2 Å². The van der Waals surface area contributed by atoms with E-state index in [1.807, 2.05) is 24.3 Å². The van der Waals surface area contributed by atoms with Crippen LogP contribution in [0, 0.1) is 5.92 Å². The molecule has 20 heavy (non-hydrogen) atoms. The summed E-state index contributed by atoms with van der Waals surface area (Å²) in [6.45, 7) is 2.91. The van der Waals surface area contributed by atoms with Gasteiger partial charge in [0, 0.05) is 35.2 Å². The summed E-state index contributed by atoms with van der Waals surface area (Å²) < 4.78 is 0. The monoisotopic (exact) mass is 315 g/mol. The molecule has 1 amide bonds. The maximum absolute atomic E-state index is 11.7. The van der Waals surface area contributed by atoms with Crippen LogP contribution >= 0.6 is 23.4 Å². The highest BCUT2D eigenvalue weighted by molar-refractivity contribution is 7.99. The molecule has 0 aromatic heterocycles. The molecule has 0 bridgehead atoms. The van der Waals surface area contributed by atoms with Gasteiger partial charge in [0.05, 0.1) is 0 Å². The summed E-state index contributed by atoms with van der Waals surface area (Å²) in [6.07, 6.45) is 2.22. The van der Waals surface area contributed by atoms with Crippen molar-refractivity contribution in [3.8, 4) is 0 Å². The van der Waals surface area contributed by atoms with E-state index in [9.17, 15) is 4.79 Å². The number of nitrogens with one attached hydrogen (secondary N) is 1. The zero-order chi connectivity index (χ0) is 14.8. The van der Waals surface area contributed by atoms with E-state index < -0.39 is 0 Å². The van der Waals surface area contributed by atoms with Gasteiger partial charge in [0.25, 0.3) is 0 Å². The number of benzene rings is 1. The fourth-order valence-electron chi connectivity index (χ4n) is 1.77. The number of halogens is 1. The van der Waals surface area contributed by atoms with Gasteiger partial charge in [-0.1, -0.05) is 24.9 Å². The average Bonchev–Trinajstić information content (AvgIpc) is 2.45. The number of aliphatic hydroxyl groups excluding tert-OH is 1. The average molecular weight is 316 g/mol. The summed E-state index contributed by atoms with van der Waals surface area (Å²) in [6, 6.07) is 7.62. The summed E-state index contributed by atoms with van der Waals surface area (Å²) in [5, 5.41) is 12.5. The number of carbonyl (C=O) groups excluding carboxylic acids is 1. The Labute approximate surface area is 130 Å². The maximum Gasteiger partial charge on any atom is 0.220 e. The molecule has 1 unspecified atom stereocenters. The standard InChI is InChI=1S/C15H22ClNO2S/c1-2-12(7-9-18)11-17-15(19)8-10-20-14-5-3-13(16)4-6-14/h3-6,12,18H,2,7-11H2,1H3,(H,17,19). The molecule has 0 aliphatic carbocycles. The highest BCUT2D eigenvalue weighted by Gasteiger charge is 2.08. The summed E-state index contributed by atoms with van der Waals surface area (Å²) >= 11 is 7.46. The van der Waals surface area contributed by atoms with Crippen LogP contribution in [0.15, 0.2) is 29.2 Å². The van der Waals surface area contributed by atoms with Crippen LogP contribution in [0.2, 0.25) is 5.02 Å². The van der Waals surface area contributed by atoms with E-state index in [0.29, 0.717) is 18.9 Å². The topological polar surface area (TPSA) is 49.3 Å². The van der Waals surface area contributed by atoms with Crippen LogP contribution in [0.1, 0.15) is 26.2 Å². The Kier molecular flexibility index (Phi) is 8.74. The van der Waals surface area contributed by atoms with Gasteiger partial charge in [0.1, 0.15) is 0 Å². The van der Waals surface area contributed by atoms with Gasteiger partial charge in [0.2, 0.25) is 5.91 Å². The Hall–Kier alpha value is -0.710. The van der Waals surface area contributed by atoms with Gasteiger partial charge in [0.15, 0.2) is 0 Å². The lowest BCUT2D eigenvalue weighted by molar-refractivity contribution is -0.120. The predicted molar refractivity (Wildman–Crippen MR) is 85.3 cm³/mol. The molecule has 0 aliphatic rings. The third-order valence-corrected chi connectivity index (χ3v) is 4.38. The highest BCUT2D eigenvalue weighted by Crippen LogP contribution is 2.20. The van der Waals surface area contributed by atoms with Crippen LogP contribution in [-0.4, -0.2) is 29.9 Å². The van der Waals surface area contributed by atoms with Gasteiger partial charge in [-0.3, -0.25) is 4.79 Å². The predicted octanol–water partition coefficient (Wildman–Crippen LogP) is 3.35. The molecule has 2 N–H and O–H groups in total. The van der Waals surface area contributed by atoms with E-state index in [-0.39, 0.29) is 12.5 Å². The quantitative estimate of drug-likeness (QED) is 0.687. The van der Waals surface area contributed by atoms with E-state index in [1.54, 1.807) is 11.8 Å². The number of rotatable bonds is 9. The van der Waals surface area contributed by atoms with Crippen LogP contribution < -0.4 is 5.32 Å². The normalized spacial score (nSPS) is 12.2. The van der Waals surface area contributed by atoms with Crippen molar-refractivity contribution >= 4 is 29.3 Å². The third kappa shape index (κ3) is 7.17. The first kappa shape index (κ1) is 17.3. The number of thioether (sulfide) groups is 1. The van der Waals surface area contributed by atoms with E-state index in [4.69, 9.17) is 16.7 Å². The first-order chi connectivity index (χ1) is 9.65. The van der Waals surface area contributed by atoms with Crippen molar-refractivity contribution in [3.05, 3.63) is 29.3 Å². The molecule has 112 valence electrons. The van der Waals surface area contributed by atoms with Crippen molar-refractivity contribution in [1.82, 2.24) is 5.32 Å². The zero-order valence-corrected chi connectivity index (χ0v) is 13.3. The fourth-order valence-corrected chi connectivity index (χ4v) is 2.75. The molecule has 0 radical (unpaired) electrons. The minimum absolute atomic E-state index is 0.0721. The smallest absolute Gasteiger partial charge is 0.220 e. The molecule has 1 aromatic rings. The molecule has 0 aliphatic heterocycles. The van der Waals surface area contributed by atoms with E-state index >= 15 is 0 Å². The maximum atomic E-state index is 11.7. The SMILES string of the molecule is CCC(CCO)CNC(=O)CCSc1ccc(Cl)cc1. The highest BCUT2D eigenvalue weighted by atomic mass is 35.5. The summed E-state index contributed by atoms with van der Waals surface area (Å²) in [5.74, 6) is 1.19. The molecule has 1 atom stereocenters. The number of carbonyl (C=O) groups is 1.